The third kappa shape index (κ3) is 2.52. The first kappa shape index (κ1) is 13.4. The van der Waals surface area contributed by atoms with E-state index in [0.717, 1.165) is 28.7 Å². The van der Waals surface area contributed by atoms with E-state index in [4.69, 9.17) is 23.2 Å². The van der Waals surface area contributed by atoms with E-state index in [9.17, 15) is 4.79 Å². The Labute approximate surface area is 127 Å². The molecule has 0 N–H and O–H groups in total. The summed E-state index contributed by atoms with van der Waals surface area (Å²) in [6, 6.07) is 15.1. The molecule has 0 saturated carbocycles. The molecular weight excluding hydrogens is 291 g/mol. The number of hydrogen-bond donors (Lipinski definition) is 0. The first-order valence-corrected chi connectivity index (χ1v) is 7.19. The van der Waals surface area contributed by atoms with Crippen LogP contribution in [0.5, 0.6) is 0 Å². The Hall–Kier alpha value is -1.57. The second-order valence-corrected chi connectivity index (χ2v) is 5.66. The Morgan fingerprint density at radius 3 is 1.75 bits per heavy atom. The van der Waals surface area contributed by atoms with Crippen LogP contribution in [0.2, 0.25) is 10.0 Å². The van der Waals surface area contributed by atoms with Crippen LogP contribution in [0, 0.1) is 0 Å². The van der Waals surface area contributed by atoms with Gasteiger partial charge in [-0.1, -0.05) is 47.5 Å². The molecule has 0 fully saturated rings. The average Bonchev–Trinajstić information content (AvgIpc) is 2.83. The minimum atomic E-state index is 0.192. The zero-order chi connectivity index (χ0) is 14.1. The summed E-state index contributed by atoms with van der Waals surface area (Å²) in [7, 11) is 0. The van der Waals surface area contributed by atoms with Gasteiger partial charge in [-0.3, -0.25) is 4.79 Å². The van der Waals surface area contributed by atoms with Gasteiger partial charge in [0.2, 0.25) is 0 Å². The van der Waals surface area contributed by atoms with E-state index < -0.39 is 0 Å². The fraction of sp³-hybridized carbons (Fsp3) is 0.118. The quantitative estimate of drug-likeness (QED) is 0.739. The van der Waals surface area contributed by atoms with Crippen LogP contribution < -0.4 is 0 Å². The number of carbonyl (C=O) groups excluding carboxylic acids is 1. The van der Waals surface area contributed by atoms with Gasteiger partial charge in [-0.25, -0.2) is 0 Å². The lowest BCUT2D eigenvalue weighted by atomic mass is 9.97. The van der Waals surface area contributed by atoms with Gasteiger partial charge >= 0.3 is 0 Å². The first-order valence-electron chi connectivity index (χ1n) is 6.43. The lowest BCUT2D eigenvalue weighted by Crippen LogP contribution is -1.95. The molecule has 0 bridgehead atoms. The van der Waals surface area contributed by atoms with Gasteiger partial charge in [0.05, 0.1) is 0 Å². The number of ketones is 1. The van der Waals surface area contributed by atoms with Crippen LogP contribution in [0.1, 0.15) is 24.0 Å². The molecule has 2 aromatic carbocycles. The predicted molar refractivity (Wildman–Crippen MR) is 84.0 cm³/mol. The maximum absolute atomic E-state index is 12.2. The Morgan fingerprint density at radius 2 is 1.20 bits per heavy atom. The number of Topliss-reactive ketones (excluding diaryl/α,β-unsaturated/α-hetero) is 1. The molecule has 1 aliphatic rings. The number of rotatable bonds is 2. The fourth-order valence-corrected chi connectivity index (χ4v) is 2.80. The molecule has 1 aliphatic carbocycles. The van der Waals surface area contributed by atoms with E-state index in [1.807, 2.05) is 48.5 Å². The number of halogens is 2. The van der Waals surface area contributed by atoms with Crippen molar-refractivity contribution in [1.29, 1.82) is 0 Å². The number of benzene rings is 2. The summed E-state index contributed by atoms with van der Waals surface area (Å²) in [5.74, 6) is 0.192. The van der Waals surface area contributed by atoms with Gasteiger partial charge in [-0.15, -0.1) is 0 Å². The molecule has 1 nitrogen and oxygen atoms in total. The van der Waals surface area contributed by atoms with Crippen LogP contribution in [0.4, 0.5) is 0 Å². The van der Waals surface area contributed by atoms with Crippen molar-refractivity contribution in [3.63, 3.8) is 0 Å². The SMILES string of the molecule is O=C1CCC(c2ccc(Cl)cc2)=C1c1ccc(Cl)cc1. The zero-order valence-electron chi connectivity index (χ0n) is 10.7. The maximum atomic E-state index is 12.2. The van der Waals surface area contributed by atoms with Crippen molar-refractivity contribution in [3.05, 3.63) is 69.7 Å². The van der Waals surface area contributed by atoms with E-state index in [-0.39, 0.29) is 5.78 Å². The maximum Gasteiger partial charge on any atom is 0.164 e. The molecule has 0 amide bonds. The van der Waals surface area contributed by atoms with Gasteiger partial charge in [0.1, 0.15) is 0 Å². The van der Waals surface area contributed by atoms with Crippen LogP contribution in [-0.2, 0) is 4.79 Å². The smallest absolute Gasteiger partial charge is 0.164 e. The lowest BCUT2D eigenvalue weighted by Gasteiger charge is -2.07. The molecule has 20 heavy (non-hydrogen) atoms. The second kappa shape index (κ2) is 5.43. The summed E-state index contributed by atoms with van der Waals surface area (Å²) < 4.78 is 0. The average molecular weight is 303 g/mol. The van der Waals surface area contributed by atoms with Crippen LogP contribution in [0.3, 0.4) is 0 Å². The molecule has 0 spiro atoms. The highest BCUT2D eigenvalue weighted by Gasteiger charge is 2.25. The highest BCUT2D eigenvalue weighted by Crippen LogP contribution is 2.38. The molecule has 0 radical (unpaired) electrons. The van der Waals surface area contributed by atoms with Gasteiger partial charge in [0.25, 0.3) is 0 Å². The van der Waals surface area contributed by atoms with Crippen LogP contribution in [0.25, 0.3) is 11.1 Å². The molecule has 0 saturated heterocycles. The standard InChI is InChI=1S/C17H12Cl2O/c18-13-5-1-11(2-6-13)15-9-10-16(20)17(15)12-3-7-14(19)8-4-12/h1-8H,9-10H2. The molecular formula is C17H12Cl2O. The minimum Gasteiger partial charge on any atom is -0.294 e. The highest BCUT2D eigenvalue weighted by molar-refractivity contribution is 6.33. The second-order valence-electron chi connectivity index (χ2n) is 4.79. The van der Waals surface area contributed by atoms with Crippen molar-refractivity contribution < 1.29 is 4.79 Å². The van der Waals surface area contributed by atoms with Gasteiger partial charge in [0, 0.05) is 22.0 Å². The molecule has 2 aromatic rings. The number of allylic oxidation sites excluding steroid dienone is 2. The predicted octanol–water partition coefficient (Wildman–Crippen LogP) is 5.27. The summed E-state index contributed by atoms with van der Waals surface area (Å²) in [5.41, 5.74) is 3.89. The van der Waals surface area contributed by atoms with Crippen molar-refractivity contribution in [3.8, 4) is 0 Å². The van der Waals surface area contributed by atoms with Crippen molar-refractivity contribution in [1.82, 2.24) is 0 Å². The van der Waals surface area contributed by atoms with Crippen molar-refractivity contribution in [2.45, 2.75) is 12.8 Å². The Balaban J connectivity index is 2.12. The highest BCUT2D eigenvalue weighted by atomic mass is 35.5. The monoisotopic (exact) mass is 302 g/mol. The third-order valence-corrected chi connectivity index (χ3v) is 4.01. The van der Waals surface area contributed by atoms with Gasteiger partial charge in [0.15, 0.2) is 5.78 Å². The van der Waals surface area contributed by atoms with Crippen LogP contribution in [0.15, 0.2) is 48.5 Å². The Bertz CT molecular complexity index is 682. The van der Waals surface area contributed by atoms with Gasteiger partial charge in [-0.05, 0) is 47.4 Å². The fourth-order valence-electron chi connectivity index (χ4n) is 2.55. The molecule has 0 heterocycles. The lowest BCUT2D eigenvalue weighted by molar-refractivity contribution is -0.113. The molecule has 0 atom stereocenters. The van der Waals surface area contributed by atoms with Crippen LogP contribution >= 0.6 is 23.2 Å². The molecule has 100 valence electrons. The molecule has 0 aliphatic heterocycles. The third-order valence-electron chi connectivity index (χ3n) is 3.51. The normalized spacial score (nSPS) is 15.0. The van der Waals surface area contributed by atoms with Crippen molar-refractivity contribution >= 4 is 40.1 Å². The van der Waals surface area contributed by atoms with E-state index in [1.165, 1.54) is 0 Å². The number of carbonyl (C=O) groups is 1. The number of hydrogen-bond acceptors (Lipinski definition) is 1. The van der Waals surface area contributed by atoms with E-state index in [0.29, 0.717) is 16.5 Å². The molecule has 3 rings (SSSR count). The zero-order valence-corrected chi connectivity index (χ0v) is 12.2. The first-order chi connectivity index (χ1) is 9.65. The Morgan fingerprint density at radius 1 is 0.700 bits per heavy atom. The summed E-state index contributed by atoms with van der Waals surface area (Å²) in [4.78, 5) is 12.2. The summed E-state index contributed by atoms with van der Waals surface area (Å²) in [6.07, 6.45) is 1.34. The summed E-state index contributed by atoms with van der Waals surface area (Å²) in [6.45, 7) is 0. The molecule has 0 aromatic heterocycles. The minimum absolute atomic E-state index is 0.192. The largest absolute Gasteiger partial charge is 0.294 e. The van der Waals surface area contributed by atoms with E-state index in [2.05, 4.69) is 0 Å². The summed E-state index contributed by atoms with van der Waals surface area (Å²) >= 11 is 11.8. The molecule has 3 heteroatoms. The van der Waals surface area contributed by atoms with E-state index in [1.54, 1.807) is 0 Å². The van der Waals surface area contributed by atoms with Crippen molar-refractivity contribution in [2.24, 2.45) is 0 Å². The van der Waals surface area contributed by atoms with Crippen LogP contribution in [-0.4, -0.2) is 5.78 Å². The Kier molecular flexibility index (Phi) is 3.64. The van der Waals surface area contributed by atoms with E-state index >= 15 is 0 Å². The van der Waals surface area contributed by atoms with Gasteiger partial charge in [-0.2, -0.15) is 0 Å². The molecule has 0 unspecified atom stereocenters. The summed E-state index contributed by atoms with van der Waals surface area (Å²) in [5, 5.41) is 1.37. The topological polar surface area (TPSA) is 17.1 Å². The van der Waals surface area contributed by atoms with Gasteiger partial charge < -0.3 is 0 Å². The van der Waals surface area contributed by atoms with Crippen molar-refractivity contribution in [2.75, 3.05) is 0 Å².